The Morgan fingerprint density at radius 1 is 1.07 bits per heavy atom. The highest BCUT2D eigenvalue weighted by molar-refractivity contribution is 6.49. The molecule has 3 rings (SSSR count). The second-order valence-electron chi connectivity index (χ2n) is 6.12. The van der Waals surface area contributed by atoms with Crippen molar-refractivity contribution in [2.75, 3.05) is 24.0 Å². The van der Waals surface area contributed by atoms with Crippen LogP contribution < -0.4 is 9.91 Å². The maximum atomic E-state index is 12.7. The van der Waals surface area contributed by atoms with Crippen molar-refractivity contribution in [1.29, 1.82) is 0 Å². The smallest absolute Gasteiger partial charge is 0.335 e. The third-order valence-electron chi connectivity index (χ3n) is 4.10. The van der Waals surface area contributed by atoms with E-state index in [2.05, 4.69) is 5.10 Å². The Morgan fingerprint density at radius 3 is 2.22 bits per heavy atom. The van der Waals surface area contributed by atoms with Crippen molar-refractivity contribution in [3.63, 3.8) is 0 Å². The first-order chi connectivity index (χ1) is 12.9. The minimum Gasteiger partial charge on any atom is -0.478 e. The molecule has 0 unspecified atom stereocenters. The number of aldehydes is 1. The lowest BCUT2D eigenvalue weighted by atomic mass is 10.1. The molecule has 7 nitrogen and oxygen atoms in total. The molecule has 0 aromatic heterocycles. The molecule has 0 atom stereocenters. The number of aromatic carboxylic acids is 1. The predicted octanol–water partition coefficient (Wildman–Crippen LogP) is 2.44. The fourth-order valence-electron chi connectivity index (χ4n) is 2.61. The minimum atomic E-state index is -1.06. The number of hydrogen-bond donors (Lipinski definition) is 1. The van der Waals surface area contributed by atoms with Gasteiger partial charge in [0.05, 0.1) is 16.8 Å². The molecule has 0 bridgehead atoms. The normalized spacial score (nSPS) is 15.0. The number of amides is 1. The quantitative estimate of drug-likeness (QED) is 0.651. The van der Waals surface area contributed by atoms with Crippen LogP contribution in [0.2, 0.25) is 0 Å². The van der Waals surface area contributed by atoms with E-state index in [1.54, 1.807) is 6.08 Å². The number of nitrogens with zero attached hydrogens (tertiary/aromatic N) is 3. The molecule has 0 aliphatic carbocycles. The van der Waals surface area contributed by atoms with Crippen molar-refractivity contribution >= 4 is 41.3 Å². The summed E-state index contributed by atoms with van der Waals surface area (Å²) >= 11 is 0. The van der Waals surface area contributed by atoms with Gasteiger partial charge in [0.25, 0.3) is 5.91 Å². The fourth-order valence-corrected chi connectivity index (χ4v) is 2.61. The van der Waals surface area contributed by atoms with E-state index in [1.165, 1.54) is 24.3 Å². The van der Waals surface area contributed by atoms with E-state index < -0.39 is 11.9 Å². The highest BCUT2D eigenvalue weighted by Gasteiger charge is 2.31. The third kappa shape index (κ3) is 3.62. The number of hydrazone groups is 1. The summed E-state index contributed by atoms with van der Waals surface area (Å²) in [5.41, 5.74) is 2.47. The molecule has 1 amide bonds. The molecule has 1 N–H and O–H groups in total. The topological polar surface area (TPSA) is 90.3 Å². The van der Waals surface area contributed by atoms with Gasteiger partial charge in [0, 0.05) is 19.8 Å². The number of anilines is 2. The van der Waals surface area contributed by atoms with Gasteiger partial charge < -0.3 is 10.0 Å². The molecule has 1 heterocycles. The van der Waals surface area contributed by atoms with Crippen LogP contribution in [0.15, 0.2) is 59.2 Å². The van der Waals surface area contributed by atoms with Crippen LogP contribution in [-0.2, 0) is 9.59 Å². The van der Waals surface area contributed by atoms with Crippen molar-refractivity contribution in [1.82, 2.24) is 0 Å². The third-order valence-corrected chi connectivity index (χ3v) is 4.10. The second kappa shape index (κ2) is 7.25. The molecule has 0 fully saturated rings. The number of hydrogen-bond acceptors (Lipinski definition) is 5. The van der Waals surface area contributed by atoms with Gasteiger partial charge in [0.1, 0.15) is 5.71 Å². The lowest BCUT2D eigenvalue weighted by molar-refractivity contribution is -0.114. The summed E-state index contributed by atoms with van der Waals surface area (Å²) in [6, 6.07) is 13.2. The van der Waals surface area contributed by atoms with Gasteiger partial charge in [0.15, 0.2) is 6.29 Å². The van der Waals surface area contributed by atoms with Crippen LogP contribution in [-0.4, -0.2) is 43.1 Å². The standard InChI is InChI=1S/C20H17N3O4/c1-22(2)15-7-3-13(4-8-15)11-17-18(12-24)21-23(19(17)25)16-9-5-14(6-10-16)20(26)27/h3-12H,1-2H3,(H,26,27). The zero-order valence-electron chi connectivity index (χ0n) is 14.8. The molecule has 2 aromatic rings. The Bertz CT molecular complexity index is 958. The summed E-state index contributed by atoms with van der Waals surface area (Å²) in [5, 5.41) is 14.1. The fraction of sp³-hybridized carbons (Fsp3) is 0.100. The van der Waals surface area contributed by atoms with Gasteiger partial charge in [0.2, 0.25) is 0 Å². The highest BCUT2D eigenvalue weighted by atomic mass is 16.4. The molecule has 136 valence electrons. The SMILES string of the molecule is CN(C)c1ccc(C=C2C(=O)N(c3ccc(C(=O)O)cc3)N=C2C=O)cc1. The van der Waals surface area contributed by atoms with Crippen LogP contribution in [0.4, 0.5) is 11.4 Å². The summed E-state index contributed by atoms with van der Waals surface area (Å²) in [6.07, 6.45) is 2.14. The summed E-state index contributed by atoms with van der Waals surface area (Å²) in [6.45, 7) is 0. The van der Waals surface area contributed by atoms with Crippen LogP contribution in [0.25, 0.3) is 6.08 Å². The van der Waals surface area contributed by atoms with Crippen LogP contribution >= 0.6 is 0 Å². The van der Waals surface area contributed by atoms with E-state index >= 15 is 0 Å². The average Bonchev–Trinajstić information content (AvgIpc) is 2.98. The van der Waals surface area contributed by atoms with Crippen LogP contribution in [0, 0.1) is 0 Å². The van der Waals surface area contributed by atoms with E-state index in [0.29, 0.717) is 12.0 Å². The molecule has 0 saturated carbocycles. The van der Waals surface area contributed by atoms with E-state index in [4.69, 9.17) is 5.11 Å². The van der Waals surface area contributed by atoms with Gasteiger partial charge >= 0.3 is 5.97 Å². The number of carbonyl (C=O) groups excluding carboxylic acids is 2. The van der Waals surface area contributed by atoms with Crippen LogP contribution in [0.3, 0.4) is 0 Å². The van der Waals surface area contributed by atoms with Gasteiger partial charge in [-0.25, -0.2) is 4.79 Å². The Labute approximate surface area is 155 Å². The molecule has 7 heteroatoms. The Kier molecular flexibility index (Phi) is 4.85. The van der Waals surface area contributed by atoms with Crippen LogP contribution in [0.5, 0.6) is 0 Å². The lowest BCUT2D eigenvalue weighted by Crippen LogP contribution is -2.21. The molecule has 2 aromatic carbocycles. The van der Waals surface area contributed by atoms with Crippen molar-refractivity contribution < 1.29 is 19.5 Å². The van der Waals surface area contributed by atoms with Gasteiger partial charge in [-0.05, 0) is 48.0 Å². The summed E-state index contributed by atoms with van der Waals surface area (Å²) < 4.78 is 0. The van der Waals surface area contributed by atoms with Gasteiger partial charge in [-0.3, -0.25) is 9.59 Å². The molecular weight excluding hydrogens is 346 g/mol. The molecule has 27 heavy (non-hydrogen) atoms. The Morgan fingerprint density at radius 2 is 1.70 bits per heavy atom. The Hall–Kier alpha value is -3.74. The molecular formula is C20H17N3O4. The second-order valence-corrected chi connectivity index (χ2v) is 6.12. The number of carboxylic acid groups (broad SMARTS) is 1. The molecule has 0 radical (unpaired) electrons. The summed E-state index contributed by atoms with van der Waals surface area (Å²) in [7, 11) is 3.86. The Balaban J connectivity index is 1.91. The van der Waals surface area contributed by atoms with E-state index in [9.17, 15) is 14.4 Å². The van der Waals surface area contributed by atoms with Crippen molar-refractivity contribution in [2.45, 2.75) is 0 Å². The average molecular weight is 363 g/mol. The van der Waals surface area contributed by atoms with Crippen LogP contribution in [0.1, 0.15) is 15.9 Å². The lowest BCUT2D eigenvalue weighted by Gasteiger charge is -2.12. The largest absolute Gasteiger partial charge is 0.478 e. The summed E-state index contributed by atoms with van der Waals surface area (Å²) in [5.74, 6) is -1.51. The maximum Gasteiger partial charge on any atom is 0.335 e. The molecule has 0 spiro atoms. The zero-order chi connectivity index (χ0) is 19.6. The van der Waals surface area contributed by atoms with E-state index in [-0.39, 0.29) is 16.8 Å². The van der Waals surface area contributed by atoms with Gasteiger partial charge in [-0.15, -0.1) is 0 Å². The molecule has 0 saturated heterocycles. The monoisotopic (exact) mass is 363 g/mol. The first kappa shape index (κ1) is 18.1. The molecule has 1 aliphatic rings. The van der Waals surface area contributed by atoms with Crippen molar-refractivity contribution in [3.8, 4) is 0 Å². The number of benzene rings is 2. The van der Waals surface area contributed by atoms with Gasteiger partial charge in [-0.2, -0.15) is 10.1 Å². The van der Waals surface area contributed by atoms with Gasteiger partial charge in [-0.1, -0.05) is 12.1 Å². The first-order valence-corrected chi connectivity index (χ1v) is 8.12. The predicted molar refractivity (Wildman–Crippen MR) is 103 cm³/mol. The maximum absolute atomic E-state index is 12.7. The number of rotatable bonds is 5. The first-order valence-electron chi connectivity index (χ1n) is 8.12. The number of carboxylic acids is 1. The van der Waals surface area contributed by atoms with Crippen molar-refractivity contribution in [2.24, 2.45) is 5.10 Å². The minimum absolute atomic E-state index is 0.0268. The van der Waals surface area contributed by atoms with Crippen molar-refractivity contribution in [3.05, 3.63) is 65.2 Å². The number of carbonyl (C=O) groups is 3. The zero-order valence-corrected chi connectivity index (χ0v) is 14.8. The summed E-state index contributed by atoms with van der Waals surface area (Å²) in [4.78, 5) is 37.0. The van der Waals surface area contributed by atoms with E-state index in [1.807, 2.05) is 43.3 Å². The molecule has 1 aliphatic heterocycles. The highest BCUT2D eigenvalue weighted by Crippen LogP contribution is 2.25. The van der Waals surface area contributed by atoms with E-state index in [0.717, 1.165) is 16.3 Å².